The van der Waals surface area contributed by atoms with E-state index in [0.29, 0.717) is 5.75 Å². The highest BCUT2D eigenvalue weighted by atomic mass is 16.5. The van der Waals surface area contributed by atoms with Crippen molar-refractivity contribution < 1.29 is 24.6 Å². The van der Waals surface area contributed by atoms with Crippen LogP contribution < -0.4 is 9.47 Å². The first-order chi connectivity index (χ1) is 8.67. The van der Waals surface area contributed by atoms with Gasteiger partial charge in [-0.05, 0) is 52.0 Å². The van der Waals surface area contributed by atoms with Crippen molar-refractivity contribution in [1.29, 1.82) is 0 Å². The van der Waals surface area contributed by atoms with Gasteiger partial charge < -0.3 is 24.6 Å². The van der Waals surface area contributed by atoms with E-state index < -0.39 is 11.2 Å². The maximum atomic E-state index is 9.96. The quantitative estimate of drug-likeness (QED) is 0.714. The van der Waals surface area contributed by atoms with Crippen molar-refractivity contribution in [2.24, 2.45) is 0 Å². The summed E-state index contributed by atoms with van der Waals surface area (Å²) in [5.74, 6) is 1.50. The van der Waals surface area contributed by atoms with E-state index in [0.717, 1.165) is 5.75 Å². The molecule has 0 unspecified atom stereocenters. The largest absolute Gasteiger partial charge is 0.497 e. The van der Waals surface area contributed by atoms with Crippen molar-refractivity contribution in [1.82, 2.24) is 0 Å². The van der Waals surface area contributed by atoms with E-state index in [-0.39, 0.29) is 7.69 Å². The summed E-state index contributed by atoms with van der Waals surface area (Å²) in [6, 6.07) is 7.31. The molecule has 0 bridgehead atoms. The Bertz CT molecular complexity index is 356. The lowest BCUT2D eigenvalue weighted by atomic mass is 9.89. The van der Waals surface area contributed by atoms with Crippen LogP contribution in [0.2, 0.25) is 0 Å². The molecule has 0 atom stereocenters. The van der Waals surface area contributed by atoms with Crippen molar-refractivity contribution in [3.05, 3.63) is 24.3 Å². The zero-order valence-corrected chi connectivity index (χ0v) is 12.0. The maximum absolute atomic E-state index is 9.96. The van der Waals surface area contributed by atoms with Gasteiger partial charge in [-0.25, -0.2) is 0 Å². The summed E-state index contributed by atoms with van der Waals surface area (Å²) in [6.07, 6.45) is 0. The summed E-state index contributed by atoms with van der Waals surface area (Å²) in [4.78, 5) is 0. The zero-order valence-electron chi connectivity index (χ0n) is 12.0. The predicted octanol–water partition coefficient (Wildman–Crippen LogP) is 1.13. The standard InChI is InChI=1S/C13H20O3.BH2O2/c1-12(2,14)13(3,4)16-11-8-6-10(15-5)7-9-11;2-1-3/h6-9,14H,1-5H3;2-3H. The highest BCUT2D eigenvalue weighted by Gasteiger charge is 2.37. The third-order valence-electron chi connectivity index (χ3n) is 2.91. The predicted molar refractivity (Wildman–Crippen MR) is 74.2 cm³/mol. The molecule has 6 heteroatoms. The van der Waals surface area contributed by atoms with Gasteiger partial charge in [-0.2, -0.15) is 0 Å². The first-order valence-electron chi connectivity index (χ1n) is 5.83. The molecule has 1 radical (unpaired) electrons. The van der Waals surface area contributed by atoms with Crippen LogP contribution in [0.1, 0.15) is 27.7 Å². The monoisotopic (exact) mass is 269 g/mol. The van der Waals surface area contributed by atoms with E-state index in [1.54, 1.807) is 21.0 Å². The number of methoxy groups -OCH3 is 1. The molecule has 0 heterocycles. The highest BCUT2D eigenvalue weighted by Crippen LogP contribution is 2.28. The normalized spacial score (nSPS) is 11.2. The average molecular weight is 269 g/mol. The number of hydrogen-bond acceptors (Lipinski definition) is 5. The van der Waals surface area contributed by atoms with E-state index in [4.69, 9.17) is 19.5 Å². The minimum Gasteiger partial charge on any atom is -0.497 e. The number of benzene rings is 1. The fourth-order valence-electron chi connectivity index (χ4n) is 1.06. The van der Waals surface area contributed by atoms with Crippen molar-refractivity contribution in [3.63, 3.8) is 0 Å². The van der Waals surface area contributed by atoms with Crippen LogP contribution in [0.4, 0.5) is 0 Å². The lowest BCUT2D eigenvalue weighted by molar-refractivity contribution is -0.0906. The molecule has 0 spiro atoms. The molecule has 5 nitrogen and oxygen atoms in total. The first kappa shape index (κ1) is 17.8. The van der Waals surface area contributed by atoms with Crippen LogP contribution >= 0.6 is 0 Å². The number of aliphatic hydroxyl groups is 1. The van der Waals surface area contributed by atoms with Gasteiger partial charge in [0.1, 0.15) is 17.1 Å². The fraction of sp³-hybridized carbons (Fsp3) is 0.538. The van der Waals surface area contributed by atoms with Gasteiger partial charge in [-0.3, -0.25) is 0 Å². The molecule has 0 amide bonds. The number of rotatable bonds is 4. The van der Waals surface area contributed by atoms with Crippen LogP contribution in [-0.2, 0) is 0 Å². The van der Waals surface area contributed by atoms with Crippen LogP contribution in [0.5, 0.6) is 11.5 Å². The van der Waals surface area contributed by atoms with Gasteiger partial charge in [-0.15, -0.1) is 0 Å². The topological polar surface area (TPSA) is 79.2 Å². The van der Waals surface area contributed by atoms with Gasteiger partial charge in [0, 0.05) is 0 Å². The summed E-state index contributed by atoms with van der Waals surface area (Å²) < 4.78 is 10.8. The Labute approximate surface area is 115 Å². The molecule has 107 valence electrons. The third-order valence-corrected chi connectivity index (χ3v) is 2.91. The summed E-state index contributed by atoms with van der Waals surface area (Å²) in [5, 5.41) is 24.0. The maximum Gasteiger partial charge on any atom is 0.482 e. The lowest BCUT2D eigenvalue weighted by Gasteiger charge is -2.37. The van der Waals surface area contributed by atoms with Crippen LogP contribution in [0, 0.1) is 0 Å². The van der Waals surface area contributed by atoms with E-state index in [1.165, 1.54) is 0 Å². The van der Waals surface area contributed by atoms with Crippen LogP contribution in [0.3, 0.4) is 0 Å². The van der Waals surface area contributed by atoms with Gasteiger partial charge in [0.05, 0.1) is 12.7 Å². The molecule has 0 aliphatic rings. The van der Waals surface area contributed by atoms with Crippen molar-refractivity contribution in [3.8, 4) is 11.5 Å². The molecule has 0 saturated carbocycles. The number of ether oxygens (including phenoxy) is 2. The lowest BCUT2D eigenvalue weighted by Crippen LogP contribution is -2.49. The summed E-state index contributed by atoms with van der Waals surface area (Å²) in [6.45, 7) is 7.18. The molecular weight excluding hydrogens is 247 g/mol. The van der Waals surface area contributed by atoms with Crippen LogP contribution in [0.15, 0.2) is 24.3 Å². The molecule has 0 aliphatic heterocycles. The molecule has 0 aromatic heterocycles. The molecule has 0 saturated heterocycles. The SMILES string of the molecule is COc1ccc(OC(C)(C)C(C)(C)O)cc1.O[B]O. The van der Waals surface area contributed by atoms with Gasteiger partial charge in [-0.1, -0.05) is 0 Å². The summed E-state index contributed by atoms with van der Waals surface area (Å²) in [5.41, 5.74) is -1.56. The number of hydrogen-bond donors (Lipinski definition) is 3. The van der Waals surface area contributed by atoms with Crippen molar-refractivity contribution >= 4 is 7.69 Å². The third kappa shape index (κ3) is 5.96. The van der Waals surface area contributed by atoms with Gasteiger partial charge >= 0.3 is 7.69 Å². The summed E-state index contributed by atoms with van der Waals surface area (Å²) >= 11 is 0. The molecular formula is C13H22BO5. The molecule has 19 heavy (non-hydrogen) atoms. The van der Waals surface area contributed by atoms with E-state index in [2.05, 4.69) is 0 Å². The fourth-order valence-corrected chi connectivity index (χ4v) is 1.06. The highest BCUT2D eigenvalue weighted by molar-refractivity contribution is 6.13. The molecule has 0 fully saturated rings. The second-order valence-corrected chi connectivity index (χ2v) is 4.96. The molecule has 3 N–H and O–H groups in total. The van der Waals surface area contributed by atoms with Gasteiger partial charge in [0.25, 0.3) is 0 Å². The Morgan fingerprint density at radius 1 is 0.947 bits per heavy atom. The minimum atomic E-state index is -0.910. The van der Waals surface area contributed by atoms with Gasteiger partial charge in [0.2, 0.25) is 0 Å². The second kappa shape index (κ2) is 7.38. The van der Waals surface area contributed by atoms with Crippen molar-refractivity contribution in [2.75, 3.05) is 7.11 Å². The second-order valence-electron chi connectivity index (χ2n) is 4.96. The Balaban J connectivity index is 0.000000982. The molecule has 0 aliphatic carbocycles. The molecule has 1 aromatic carbocycles. The van der Waals surface area contributed by atoms with E-state index >= 15 is 0 Å². The Kier molecular flexibility index (Phi) is 6.90. The smallest absolute Gasteiger partial charge is 0.482 e. The zero-order chi connectivity index (χ0) is 15.1. The van der Waals surface area contributed by atoms with E-state index in [1.807, 2.05) is 38.1 Å². The minimum absolute atomic E-state index is 0. The van der Waals surface area contributed by atoms with E-state index in [9.17, 15) is 5.11 Å². The van der Waals surface area contributed by atoms with Crippen LogP contribution in [-0.4, -0.2) is 41.2 Å². The Hall–Kier alpha value is -1.24. The average Bonchev–Trinajstić information content (AvgIpc) is 2.29. The van der Waals surface area contributed by atoms with Crippen LogP contribution in [0.25, 0.3) is 0 Å². The summed E-state index contributed by atoms with van der Waals surface area (Å²) in [7, 11) is 1.62. The van der Waals surface area contributed by atoms with Crippen molar-refractivity contribution in [2.45, 2.75) is 38.9 Å². The Morgan fingerprint density at radius 3 is 1.63 bits per heavy atom. The molecule has 1 rings (SSSR count). The Morgan fingerprint density at radius 2 is 1.32 bits per heavy atom. The molecule has 1 aromatic rings. The van der Waals surface area contributed by atoms with Gasteiger partial charge in [0.15, 0.2) is 0 Å². The first-order valence-corrected chi connectivity index (χ1v) is 5.83.